The second-order valence-corrected chi connectivity index (χ2v) is 17.0. The minimum Gasteiger partial charge on any atom is -0.457 e. The largest absolute Gasteiger partial charge is 0.457 e. The Morgan fingerprint density at radius 2 is 1.03 bits per heavy atom. The van der Waals surface area contributed by atoms with E-state index in [1.165, 1.54) is 22.3 Å². The number of ether oxygens (including phenoxy) is 1. The molecule has 1 spiro atoms. The zero-order chi connectivity index (χ0) is 42.6. The number of pyridine rings is 1. The van der Waals surface area contributed by atoms with E-state index in [0.717, 1.165) is 106 Å². The third-order valence-electron chi connectivity index (χ3n) is 13.5. The molecule has 0 N–H and O–H groups in total. The molecule has 65 heavy (non-hydrogen) atoms. The molecule has 0 atom stereocenters. The second kappa shape index (κ2) is 13.7. The highest BCUT2D eigenvalue weighted by Crippen LogP contribution is 2.63. The van der Waals surface area contributed by atoms with Gasteiger partial charge in [0.05, 0.1) is 28.0 Å². The highest BCUT2D eigenvalue weighted by Gasteiger charge is 2.51. The van der Waals surface area contributed by atoms with Crippen LogP contribution in [0.2, 0.25) is 0 Å². The Morgan fingerprint density at radius 1 is 0.385 bits per heavy atom. The van der Waals surface area contributed by atoms with E-state index in [1.54, 1.807) is 0 Å². The van der Waals surface area contributed by atoms with E-state index in [0.29, 0.717) is 5.82 Å². The Labute approximate surface area is 373 Å². The lowest BCUT2D eigenvalue weighted by Gasteiger charge is -2.39. The van der Waals surface area contributed by atoms with Gasteiger partial charge < -0.3 is 9.15 Å². The highest BCUT2D eigenvalue weighted by atomic mass is 16.5. The third-order valence-corrected chi connectivity index (χ3v) is 13.5. The Bertz CT molecular complexity index is 3890. The molecule has 0 unspecified atom stereocenters. The van der Waals surface area contributed by atoms with Crippen molar-refractivity contribution in [1.82, 2.24) is 15.0 Å². The lowest BCUT2D eigenvalue weighted by molar-refractivity contribution is 0.436. The van der Waals surface area contributed by atoms with Crippen LogP contribution in [0.25, 0.3) is 99.9 Å². The van der Waals surface area contributed by atoms with Crippen LogP contribution < -0.4 is 4.74 Å². The molecule has 0 fully saturated rings. The predicted molar refractivity (Wildman–Crippen MR) is 261 cm³/mol. The van der Waals surface area contributed by atoms with Gasteiger partial charge in [-0.05, 0) is 64.7 Å². The van der Waals surface area contributed by atoms with E-state index in [9.17, 15) is 0 Å². The number of furan rings is 1. The van der Waals surface area contributed by atoms with Crippen LogP contribution >= 0.6 is 0 Å². The highest BCUT2D eigenvalue weighted by molar-refractivity contribution is 6.20. The van der Waals surface area contributed by atoms with Crippen molar-refractivity contribution in [2.45, 2.75) is 5.41 Å². The second-order valence-electron chi connectivity index (χ2n) is 17.0. The Hall–Kier alpha value is -8.67. The van der Waals surface area contributed by atoms with Crippen molar-refractivity contribution < 1.29 is 9.15 Å². The summed E-state index contributed by atoms with van der Waals surface area (Å²) in [5.41, 5.74) is 15.5. The summed E-state index contributed by atoms with van der Waals surface area (Å²) < 4.78 is 13.3. The first-order valence-electron chi connectivity index (χ1n) is 22.0. The van der Waals surface area contributed by atoms with Crippen LogP contribution in [0.15, 0.2) is 217 Å². The lowest BCUT2D eigenvalue weighted by Crippen LogP contribution is -2.32. The Balaban J connectivity index is 1.08. The Morgan fingerprint density at radius 3 is 1.83 bits per heavy atom. The van der Waals surface area contributed by atoms with E-state index >= 15 is 0 Å². The van der Waals surface area contributed by atoms with Crippen molar-refractivity contribution in [3.8, 4) is 67.8 Å². The molecule has 14 rings (SSSR count). The number of para-hydroxylation sites is 4. The molecular weight excluding hydrogens is 795 g/mol. The summed E-state index contributed by atoms with van der Waals surface area (Å²) in [4.78, 5) is 16.1. The van der Waals surface area contributed by atoms with E-state index in [2.05, 4.69) is 182 Å². The summed E-state index contributed by atoms with van der Waals surface area (Å²) in [5.74, 6) is 2.38. The molecule has 2 aliphatic rings. The summed E-state index contributed by atoms with van der Waals surface area (Å²) in [6, 6.07) is 74.6. The number of fused-ring (bicyclic) bond motifs is 16. The van der Waals surface area contributed by atoms with Gasteiger partial charge in [0.15, 0.2) is 5.82 Å². The topological polar surface area (TPSA) is 61.0 Å². The zero-order valence-electron chi connectivity index (χ0n) is 34.9. The van der Waals surface area contributed by atoms with E-state index in [-0.39, 0.29) is 0 Å². The lowest BCUT2D eigenvalue weighted by atomic mass is 9.66. The fourth-order valence-electron chi connectivity index (χ4n) is 10.8. The first-order valence-corrected chi connectivity index (χ1v) is 22.0. The molecule has 1 aliphatic heterocycles. The number of nitrogens with zero attached hydrogens (tertiary/aromatic N) is 3. The van der Waals surface area contributed by atoms with Crippen LogP contribution in [0.4, 0.5) is 0 Å². The SMILES string of the molecule is c1ccc(-c2nc(-c3ccc4nc(-c5ccccc5)c5ccc6c(c5c4c3)-c3ccccc3C63c4ccccc4Oc4ccccc43)cc(-c3cccc4c3oc3ccccc34)n2)cc1. The van der Waals surface area contributed by atoms with Crippen LogP contribution in [0.1, 0.15) is 22.3 Å². The van der Waals surface area contributed by atoms with Crippen molar-refractivity contribution in [3.05, 3.63) is 235 Å². The fraction of sp³-hybridized carbons (Fsp3) is 0.0167. The molecule has 5 nitrogen and oxygen atoms in total. The molecule has 0 saturated heterocycles. The van der Waals surface area contributed by atoms with Crippen molar-refractivity contribution in [3.63, 3.8) is 0 Å². The van der Waals surface area contributed by atoms with Gasteiger partial charge in [0.2, 0.25) is 0 Å². The minimum absolute atomic E-state index is 0.616. The van der Waals surface area contributed by atoms with Gasteiger partial charge in [-0.2, -0.15) is 0 Å². The minimum atomic E-state index is -0.616. The molecule has 0 bridgehead atoms. The quantitative estimate of drug-likeness (QED) is 0.165. The molecule has 0 radical (unpaired) electrons. The van der Waals surface area contributed by atoms with Crippen LogP contribution in [0, 0.1) is 0 Å². The maximum atomic E-state index is 6.69. The summed E-state index contributed by atoms with van der Waals surface area (Å²) in [5, 5.41) is 5.43. The van der Waals surface area contributed by atoms with Crippen molar-refractivity contribution in [2.75, 3.05) is 0 Å². The van der Waals surface area contributed by atoms with Crippen molar-refractivity contribution >= 4 is 43.6 Å². The molecule has 9 aromatic carbocycles. The summed E-state index contributed by atoms with van der Waals surface area (Å²) >= 11 is 0. The van der Waals surface area contributed by atoms with Gasteiger partial charge >= 0.3 is 0 Å². The van der Waals surface area contributed by atoms with Gasteiger partial charge in [0, 0.05) is 60.3 Å². The number of aromatic nitrogens is 3. The fourth-order valence-corrected chi connectivity index (χ4v) is 10.8. The van der Waals surface area contributed by atoms with E-state index in [4.69, 9.17) is 24.1 Å². The van der Waals surface area contributed by atoms with E-state index in [1.807, 2.05) is 30.3 Å². The summed E-state index contributed by atoms with van der Waals surface area (Å²) in [6.07, 6.45) is 0. The Kier molecular flexibility index (Phi) is 7.54. The number of hydrogen-bond acceptors (Lipinski definition) is 5. The van der Waals surface area contributed by atoms with Crippen LogP contribution in [0.5, 0.6) is 11.5 Å². The molecular formula is C60H35N3O2. The van der Waals surface area contributed by atoms with Gasteiger partial charge in [-0.25, -0.2) is 15.0 Å². The van der Waals surface area contributed by atoms with Gasteiger partial charge in [-0.15, -0.1) is 0 Å². The number of rotatable bonds is 4. The maximum absolute atomic E-state index is 6.69. The molecule has 5 heteroatoms. The summed E-state index contributed by atoms with van der Waals surface area (Å²) in [7, 11) is 0. The van der Waals surface area contributed by atoms with Crippen LogP contribution in [0.3, 0.4) is 0 Å². The van der Waals surface area contributed by atoms with Crippen molar-refractivity contribution in [2.24, 2.45) is 0 Å². The predicted octanol–water partition coefficient (Wildman–Crippen LogP) is 15.2. The number of benzene rings is 9. The third kappa shape index (κ3) is 5.12. The maximum Gasteiger partial charge on any atom is 0.160 e. The molecule has 3 aromatic heterocycles. The average molecular weight is 830 g/mol. The zero-order valence-corrected chi connectivity index (χ0v) is 34.9. The standard InChI is InChI=1S/C60H35N3O2/c1-3-16-36(17-4-1)57-43-31-32-48-56(41-21-7-9-24-45(41)60(48)46-25-10-13-28-53(46)64-54-29-14-11-26-47(54)60)55(43)44-34-38(30-33-49(44)61-57)50-35-51(63-59(62-50)37-18-5-2-6-19-37)42-23-15-22-40-39-20-8-12-27-52(39)65-58(40)42/h1-35H. The average Bonchev–Trinajstić information content (AvgIpc) is 3.90. The van der Waals surface area contributed by atoms with Crippen LogP contribution in [-0.4, -0.2) is 15.0 Å². The first-order chi connectivity index (χ1) is 32.2. The van der Waals surface area contributed by atoms with Crippen molar-refractivity contribution in [1.29, 1.82) is 0 Å². The van der Waals surface area contributed by atoms with E-state index < -0.39 is 5.41 Å². The van der Waals surface area contributed by atoms with Crippen LogP contribution in [-0.2, 0) is 5.41 Å². The smallest absolute Gasteiger partial charge is 0.160 e. The summed E-state index contributed by atoms with van der Waals surface area (Å²) in [6.45, 7) is 0. The molecule has 0 amide bonds. The van der Waals surface area contributed by atoms with Gasteiger partial charge in [-0.3, -0.25) is 0 Å². The molecule has 4 heterocycles. The normalized spacial score (nSPS) is 13.2. The van der Waals surface area contributed by atoms with Gasteiger partial charge in [-0.1, -0.05) is 170 Å². The molecule has 302 valence electrons. The molecule has 0 saturated carbocycles. The van der Waals surface area contributed by atoms with Gasteiger partial charge in [0.25, 0.3) is 0 Å². The molecule has 1 aliphatic carbocycles. The number of hydrogen-bond donors (Lipinski definition) is 0. The monoisotopic (exact) mass is 829 g/mol. The molecule has 12 aromatic rings. The first kappa shape index (κ1) is 35.9. The van der Waals surface area contributed by atoms with Gasteiger partial charge in [0.1, 0.15) is 22.7 Å².